The molecule has 0 aliphatic carbocycles. The van der Waals surface area contributed by atoms with E-state index in [0.29, 0.717) is 21.0 Å². The molecule has 0 spiro atoms. The van der Waals surface area contributed by atoms with Crippen molar-refractivity contribution < 1.29 is 0 Å². The number of hydrogen-bond donors (Lipinski definition) is 1. The SMILES string of the molecule is CSc1nc(N)c2c(-c3ccccc3)cn(-c3ccc(Cl)c(Cl)c3)c2n1. The summed E-state index contributed by atoms with van der Waals surface area (Å²) in [5.41, 5.74) is 9.90. The number of hydrogen-bond acceptors (Lipinski definition) is 4. The Morgan fingerprint density at radius 1 is 1.00 bits per heavy atom. The molecule has 2 aromatic carbocycles. The molecule has 4 nitrogen and oxygen atoms in total. The van der Waals surface area contributed by atoms with Crippen LogP contribution in [-0.4, -0.2) is 20.8 Å². The first-order valence-electron chi connectivity index (χ1n) is 7.82. The second kappa shape index (κ2) is 6.83. The molecule has 0 aliphatic rings. The monoisotopic (exact) mass is 400 g/mol. The maximum atomic E-state index is 6.29. The zero-order valence-electron chi connectivity index (χ0n) is 13.8. The number of halogens is 2. The van der Waals surface area contributed by atoms with E-state index in [9.17, 15) is 0 Å². The lowest BCUT2D eigenvalue weighted by Crippen LogP contribution is -1.99. The first kappa shape index (κ1) is 17.2. The zero-order chi connectivity index (χ0) is 18.3. The van der Waals surface area contributed by atoms with Crippen molar-refractivity contribution in [1.82, 2.24) is 14.5 Å². The Morgan fingerprint density at radius 2 is 1.77 bits per heavy atom. The number of rotatable bonds is 3. The molecule has 130 valence electrons. The molecule has 26 heavy (non-hydrogen) atoms. The van der Waals surface area contributed by atoms with Crippen LogP contribution < -0.4 is 5.73 Å². The minimum atomic E-state index is 0.456. The number of thioether (sulfide) groups is 1. The lowest BCUT2D eigenvalue weighted by Gasteiger charge is -2.07. The van der Waals surface area contributed by atoms with Gasteiger partial charge in [-0.15, -0.1) is 0 Å². The van der Waals surface area contributed by atoms with Gasteiger partial charge in [0, 0.05) is 17.4 Å². The topological polar surface area (TPSA) is 56.7 Å². The summed E-state index contributed by atoms with van der Waals surface area (Å²) in [6, 6.07) is 15.5. The van der Waals surface area contributed by atoms with Crippen LogP contribution in [0.2, 0.25) is 10.0 Å². The van der Waals surface area contributed by atoms with Gasteiger partial charge >= 0.3 is 0 Å². The molecule has 0 fully saturated rings. The standard InChI is InChI=1S/C19H14Cl2N4S/c1-26-19-23-17(22)16-13(11-5-3-2-4-6-11)10-25(18(16)24-19)12-7-8-14(20)15(21)9-12/h2-10H,1H3,(H2,22,23,24). The third kappa shape index (κ3) is 2.92. The van der Waals surface area contributed by atoms with E-state index < -0.39 is 0 Å². The van der Waals surface area contributed by atoms with Gasteiger partial charge in [0.25, 0.3) is 0 Å². The van der Waals surface area contributed by atoms with Crippen LogP contribution in [0.5, 0.6) is 0 Å². The highest BCUT2D eigenvalue weighted by atomic mass is 35.5. The quantitative estimate of drug-likeness (QED) is 0.354. The first-order chi connectivity index (χ1) is 12.6. The summed E-state index contributed by atoms with van der Waals surface area (Å²) in [5, 5.41) is 2.43. The molecule has 2 heterocycles. The van der Waals surface area contributed by atoms with Gasteiger partial charge < -0.3 is 10.3 Å². The van der Waals surface area contributed by atoms with Gasteiger partial charge in [0.05, 0.1) is 15.4 Å². The summed E-state index contributed by atoms with van der Waals surface area (Å²) < 4.78 is 1.97. The summed E-state index contributed by atoms with van der Waals surface area (Å²) in [4.78, 5) is 9.10. The van der Waals surface area contributed by atoms with Gasteiger partial charge in [-0.1, -0.05) is 65.3 Å². The van der Waals surface area contributed by atoms with Crippen LogP contribution in [0.25, 0.3) is 27.8 Å². The first-order valence-corrected chi connectivity index (χ1v) is 9.80. The number of benzene rings is 2. The smallest absolute Gasteiger partial charge is 0.191 e. The summed E-state index contributed by atoms with van der Waals surface area (Å²) in [5.74, 6) is 0.456. The average molecular weight is 401 g/mol. The molecule has 0 atom stereocenters. The van der Waals surface area contributed by atoms with Gasteiger partial charge in [-0.25, -0.2) is 9.97 Å². The Kier molecular flexibility index (Phi) is 4.53. The highest BCUT2D eigenvalue weighted by Crippen LogP contribution is 2.36. The molecule has 0 radical (unpaired) electrons. The van der Waals surface area contributed by atoms with E-state index >= 15 is 0 Å². The number of nitrogens with two attached hydrogens (primary N) is 1. The largest absolute Gasteiger partial charge is 0.383 e. The van der Waals surface area contributed by atoms with E-state index in [2.05, 4.69) is 9.97 Å². The second-order valence-corrected chi connectivity index (χ2v) is 7.26. The molecule has 2 N–H and O–H groups in total. The van der Waals surface area contributed by atoms with Crippen LogP contribution in [0.3, 0.4) is 0 Å². The highest BCUT2D eigenvalue weighted by molar-refractivity contribution is 7.98. The fraction of sp³-hybridized carbons (Fsp3) is 0.0526. The van der Waals surface area contributed by atoms with Gasteiger partial charge in [-0.2, -0.15) is 0 Å². The van der Waals surface area contributed by atoms with Crippen molar-refractivity contribution in [3.8, 4) is 16.8 Å². The van der Waals surface area contributed by atoms with Gasteiger partial charge in [0.1, 0.15) is 5.82 Å². The van der Waals surface area contributed by atoms with Gasteiger partial charge in [0.15, 0.2) is 10.8 Å². The van der Waals surface area contributed by atoms with Crippen molar-refractivity contribution in [1.29, 1.82) is 0 Å². The molecule has 7 heteroatoms. The molecular formula is C19H14Cl2N4S. The Hall–Kier alpha value is -2.21. The molecular weight excluding hydrogens is 387 g/mol. The Bertz CT molecular complexity index is 1110. The second-order valence-electron chi connectivity index (χ2n) is 5.67. The Morgan fingerprint density at radius 3 is 2.46 bits per heavy atom. The van der Waals surface area contributed by atoms with Crippen molar-refractivity contribution in [3.05, 3.63) is 64.8 Å². The van der Waals surface area contributed by atoms with E-state index in [4.69, 9.17) is 28.9 Å². The third-order valence-corrected chi connectivity index (χ3v) is 5.39. The lowest BCUT2D eigenvalue weighted by atomic mass is 10.1. The van der Waals surface area contributed by atoms with Gasteiger partial charge in [0.2, 0.25) is 0 Å². The molecule has 0 saturated carbocycles. The highest BCUT2D eigenvalue weighted by Gasteiger charge is 2.18. The van der Waals surface area contributed by atoms with E-state index in [1.54, 1.807) is 6.07 Å². The van der Waals surface area contributed by atoms with Crippen LogP contribution in [0.15, 0.2) is 59.9 Å². The van der Waals surface area contributed by atoms with Crippen LogP contribution in [0.4, 0.5) is 5.82 Å². The van der Waals surface area contributed by atoms with Crippen molar-refractivity contribution in [3.63, 3.8) is 0 Å². The van der Waals surface area contributed by atoms with E-state index in [0.717, 1.165) is 27.8 Å². The van der Waals surface area contributed by atoms with Gasteiger partial charge in [-0.05, 0) is 30.0 Å². The Balaban J connectivity index is 2.06. The molecule has 0 bridgehead atoms. The molecule has 0 amide bonds. The van der Waals surface area contributed by atoms with Crippen molar-refractivity contribution >= 4 is 51.8 Å². The Labute approximate surface area is 165 Å². The van der Waals surface area contributed by atoms with Crippen molar-refractivity contribution in [2.24, 2.45) is 0 Å². The summed E-state index contributed by atoms with van der Waals surface area (Å²) in [7, 11) is 0. The molecule has 4 rings (SSSR count). The summed E-state index contributed by atoms with van der Waals surface area (Å²) in [6.45, 7) is 0. The van der Waals surface area contributed by atoms with Crippen LogP contribution in [0.1, 0.15) is 0 Å². The van der Waals surface area contributed by atoms with Crippen molar-refractivity contribution in [2.45, 2.75) is 5.16 Å². The lowest BCUT2D eigenvalue weighted by molar-refractivity contribution is 0.976. The normalized spacial score (nSPS) is 11.2. The minimum Gasteiger partial charge on any atom is -0.383 e. The fourth-order valence-electron chi connectivity index (χ4n) is 2.89. The molecule has 0 unspecified atom stereocenters. The zero-order valence-corrected chi connectivity index (χ0v) is 16.1. The van der Waals surface area contributed by atoms with Crippen LogP contribution in [0, 0.1) is 0 Å². The average Bonchev–Trinajstić information content (AvgIpc) is 3.05. The number of nitrogens with zero attached hydrogens (tertiary/aromatic N) is 3. The summed E-state index contributed by atoms with van der Waals surface area (Å²) in [6.07, 6.45) is 3.93. The summed E-state index contributed by atoms with van der Waals surface area (Å²) >= 11 is 13.7. The third-order valence-electron chi connectivity index (χ3n) is 4.10. The number of nitrogen functional groups attached to an aromatic ring is 1. The fourth-order valence-corrected chi connectivity index (χ4v) is 3.55. The predicted octanol–water partition coefficient (Wildman–Crippen LogP) is 5.70. The maximum Gasteiger partial charge on any atom is 0.191 e. The van der Waals surface area contributed by atoms with Gasteiger partial charge in [-0.3, -0.25) is 0 Å². The van der Waals surface area contributed by atoms with E-state index in [1.165, 1.54) is 11.8 Å². The molecule has 0 aliphatic heterocycles. The van der Waals surface area contributed by atoms with E-state index in [-0.39, 0.29) is 0 Å². The number of aromatic nitrogens is 3. The molecule has 4 aromatic rings. The van der Waals surface area contributed by atoms with E-state index in [1.807, 2.05) is 59.5 Å². The van der Waals surface area contributed by atoms with Crippen LogP contribution in [-0.2, 0) is 0 Å². The number of anilines is 1. The predicted molar refractivity (Wildman–Crippen MR) is 111 cm³/mol. The van der Waals surface area contributed by atoms with Crippen LogP contribution >= 0.6 is 35.0 Å². The maximum absolute atomic E-state index is 6.29. The minimum absolute atomic E-state index is 0.456. The van der Waals surface area contributed by atoms with Crippen molar-refractivity contribution in [2.75, 3.05) is 12.0 Å². The molecule has 0 saturated heterocycles. The number of fused-ring (bicyclic) bond motifs is 1. The molecule has 2 aromatic heterocycles.